The molecule has 6 nitrogen and oxygen atoms in total. The van der Waals surface area contributed by atoms with Crippen molar-refractivity contribution in [3.05, 3.63) is 63.1 Å². The molecule has 0 aliphatic heterocycles. The van der Waals surface area contributed by atoms with Crippen LogP contribution >= 0.6 is 27.5 Å². The van der Waals surface area contributed by atoms with E-state index in [1.165, 1.54) is 0 Å². The molecular weight excluding hydrogens is 424 g/mol. The van der Waals surface area contributed by atoms with Gasteiger partial charge in [0.2, 0.25) is 0 Å². The maximum Gasteiger partial charge on any atom is 0.325 e. The number of aryl methyl sites for hydroxylation is 1. The second-order valence-corrected chi connectivity index (χ2v) is 6.69. The average Bonchev–Trinajstić information content (AvgIpc) is 2.61. The van der Waals surface area contributed by atoms with E-state index in [-0.39, 0.29) is 6.54 Å². The van der Waals surface area contributed by atoms with Crippen LogP contribution in [0.5, 0.6) is 0 Å². The van der Waals surface area contributed by atoms with Crippen LogP contribution in [0, 0.1) is 6.92 Å². The highest BCUT2D eigenvalue weighted by Crippen LogP contribution is 2.19. The zero-order chi connectivity index (χ0) is 19.1. The molecular formula is C18H16BrClN2O4. The van der Waals surface area contributed by atoms with Crippen LogP contribution in [0.2, 0.25) is 5.02 Å². The van der Waals surface area contributed by atoms with Crippen LogP contribution in [0.4, 0.5) is 5.69 Å². The lowest BCUT2D eigenvalue weighted by Crippen LogP contribution is -2.32. The van der Waals surface area contributed by atoms with E-state index in [1.54, 1.807) is 42.5 Å². The first kappa shape index (κ1) is 19.9. The van der Waals surface area contributed by atoms with E-state index in [2.05, 4.69) is 26.6 Å². The van der Waals surface area contributed by atoms with E-state index in [4.69, 9.17) is 16.3 Å². The fourth-order valence-corrected chi connectivity index (χ4v) is 2.53. The van der Waals surface area contributed by atoms with Crippen molar-refractivity contribution < 1.29 is 19.1 Å². The monoisotopic (exact) mass is 438 g/mol. The first-order valence-corrected chi connectivity index (χ1v) is 8.77. The number of rotatable bonds is 6. The van der Waals surface area contributed by atoms with Crippen LogP contribution in [-0.4, -0.2) is 30.9 Å². The molecule has 0 unspecified atom stereocenters. The third-order valence-corrected chi connectivity index (χ3v) is 4.20. The zero-order valence-corrected chi connectivity index (χ0v) is 16.2. The maximum absolute atomic E-state index is 11.9. The molecule has 2 aromatic rings. The minimum atomic E-state index is -0.717. The average molecular weight is 440 g/mol. The fourth-order valence-electron chi connectivity index (χ4n) is 1.95. The van der Waals surface area contributed by atoms with Gasteiger partial charge in [-0.15, -0.1) is 0 Å². The largest absolute Gasteiger partial charge is 0.454 e. The van der Waals surface area contributed by atoms with E-state index >= 15 is 0 Å². The van der Waals surface area contributed by atoms with Gasteiger partial charge in [-0.05, 0) is 42.8 Å². The molecule has 2 aromatic carbocycles. The second kappa shape index (κ2) is 9.35. The predicted molar refractivity (Wildman–Crippen MR) is 102 cm³/mol. The van der Waals surface area contributed by atoms with Crippen molar-refractivity contribution in [2.45, 2.75) is 6.92 Å². The number of carbonyl (C=O) groups is 3. The minimum Gasteiger partial charge on any atom is -0.454 e. The van der Waals surface area contributed by atoms with Gasteiger partial charge in [0.1, 0.15) is 6.54 Å². The van der Waals surface area contributed by atoms with Crippen molar-refractivity contribution in [1.82, 2.24) is 5.32 Å². The van der Waals surface area contributed by atoms with Crippen LogP contribution < -0.4 is 10.6 Å². The van der Waals surface area contributed by atoms with Gasteiger partial charge in [-0.3, -0.25) is 14.4 Å². The number of benzene rings is 2. The third-order valence-electron chi connectivity index (χ3n) is 3.30. The van der Waals surface area contributed by atoms with Crippen LogP contribution in [0.3, 0.4) is 0 Å². The maximum atomic E-state index is 11.9. The van der Waals surface area contributed by atoms with Gasteiger partial charge in [-0.1, -0.05) is 39.7 Å². The molecule has 0 bridgehead atoms. The molecule has 26 heavy (non-hydrogen) atoms. The van der Waals surface area contributed by atoms with E-state index in [0.717, 1.165) is 10.0 Å². The Morgan fingerprint density at radius 1 is 1.15 bits per heavy atom. The summed E-state index contributed by atoms with van der Waals surface area (Å²) in [5.74, 6) is -1.64. The van der Waals surface area contributed by atoms with Gasteiger partial charge in [0.25, 0.3) is 11.8 Å². The summed E-state index contributed by atoms with van der Waals surface area (Å²) in [6.07, 6.45) is 0. The summed E-state index contributed by atoms with van der Waals surface area (Å²) >= 11 is 9.24. The van der Waals surface area contributed by atoms with Gasteiger partial charge in [0.15, 0.2) is 6.61 Å². The highest BCUT2D eigenvalue weighted by molar-refractivity contribution is 9.10. The summed E-state index contributed by atoms with van der Waals surface area (Å²) in [6, 6.07) is 11.8. The molecule has 0 aliphatic carbocycles. The first-order valence-electron chi connectivity index (χ1n) is 7.60. The molecule has 0 atom stereocenters. The molecule has 136 valence electrons. The standard InChI is InChI=1S/C18H16BrClN2O4/c1-11-5-6-14(8-15(11)20)22-16(23)10-26-17(24)9-21-18(25)12-3-2-4-13(19)7-12/h2-8H,9-10H2,1H3,(H,21,25)(H,22,23). The lowest BCUT2D eigenvalue weighted by molar-refractivity contribution is -0.146. The smallest absolute Gasteiger partial charge is 0.325 e. The molecule has 0 spiro atoms. The molecule has 2 amide bonds. The molecule has 0 aliphatic rings. The quantitative estimate of drug-likeness (QED) is 0.676. The van der Waals surface area contributed by atoms with Crippen LogP contribution in [0.15, 0.2) is 46.9 Å². The Morgan fingerprint density at radius 2 is 1.92 bits per heavy atom. The Bertz CT molecular complexity index is 842. The molecule has 0 heterocycles. The number of esters is 1. The number of anilines is 1. The Hall–Kier alpha value is -2.38. The highest BCUT2D eigenvalue weighted by Gasteiger charge is 2.11. The highest BCUT2D eigenvalue weighted by atomic mass is 79.9. The SMILES string of the molecule is Cc1ccc(NC(=O)COC(=O)CNC(=O)c2cccc(Br)c2)cc1Cl. The number of nitrogens with one attached hydrogen (secondary N) is 2. The summed E-state index contributed by atoms with van der Waals surface area (Å²) in [5, 5.41) is 5.52. The Balaban J connectivity index is 1.74. The van der Waals surface area contributed by atoms with E-state index < -0.39 is 24.4 Å². The summed E-state index contributed by atoms with van der Waals surface area (Å²) in [7, 11) is 0. The van der Waals surface area contributed by atoms with E-state index in [9.17, 15) is 14.4 Å². The minimum absolute atomic E-state index is 0.338. The normalized spacial score (nSPS) is 10.1. The Kier molecular flexibility index (Phi) is 7.17. The van der Waals surface area contributed by atoms with Gasteiger partial charge >= 0.3 is 5.97 Å². The number of carbonyl (C=O) groups excluding carboxylic acids is 3. The molecule has 0 radical (unpaired) electrons. The summed E-state index contributed by atoms with van der Waals surface area (Å²) in [6.45, 7) is 1.05. The zero-order valence-electron chi connectivity index (χ0n) is 13.8. The number of ether oxygens (including phenoxy) is 1. The summed E-state index contributed by atoms with van der Waals surface area (Å²) in [4.78, 5) is 35.3. The molecule has 8 heteroatoms. The van der Waals surface area contributed by atoms with Crippen molar-refractivity contribution >= 4 is 51.0 Å². The number of hydrogen-bond donors (Lipinski definition) is 2. The van der Waals surface area contributed by atoms with Crippen molar-refractivity contribution in [3.63, 3.8) is 0 Å². The van der Waals surface area contributed by atoms with Crippen LogP contribution in [0.1, 0.15) is 15.9 Å². The summed E-state index contributed by atoms with van der Waals surface area (Å²) in [5.41, 5.74) is 1.79. The third kappa shape index (κ3) is 6.16. The molecule has 0 saturated carbocycles. The van der Waals surface area contributed by atoms with Gasteiger partial charge < -0.3 is 15.4 Å². The van der Waals surface area contributed by atoms with Crippen molar-refractivity contribution in [1.29, 1.82) is 0 Å². The Labute approximate surface area is 164 Å². The molecule has 2 rings (SSSR count). The topological polar surface area (TPSA) is 84.5 Å². The molecule has 0 aromatic heterocycles. The first-order chi connectivity index (χ1) is 12.3. The van der Waals surface area contributed by atoms with Crippen molar-refractivity contribution in [3.8, 4) is 0 Å². The number of hydrogen-bond acceptors (Lipinski definition) is 4. The second-order valence-electron chi connectivity index (χ2n) is 5.37. The fraction of sp³-hybridized carbons (Fsp3) is 0.167. The van der Waals surface area contributed by atoms with Gasteiger partial charge in [-0.2, -0.15) is 0 Å². The molecule has 2 N–H and O–H groups in total. The van der Waals surface area contributed by atoms with E-state index in [0.29, 0.717) is 16.3 Å². The van der Waals surface area contributed by atoms with Crippen LogP contribution in [0.25, 0.3) is 0 Å². The number of amides is 2. The lowest BCUT2D eigenvalue weighted by atomic mass is 10.2. The predicted octanol–water partition coefficient (Wildman–Crippen LogP) is 3.32. The number of halogens is 2. The van der Waals surface area contributed by atoms with Gasteiger partial charge in [-0.25, -0.2) is 0 Å². The van der Waals surface area contributed by atoms with Crippen LogP contribution in [-0.2, 0) is 14.3 Å². The summed E-state index contributed by atoms with van der Waals surface area (Å²) < 4.78 is 5.58. The van der Waals surface area contributed by atoms with Gasteiger partial charge in [0, 0.05) is 20.7 Å². The molecule has 0 fully saturated rings. The van der Waals surface area contributed by atoms with Crippen molar-refractivity contribution in [2.24, 2.45) is 0 Å². The van der Waals surface area contributed by atoms with Gasteiger partial charge in [0.05, 0.1) is 0 Å². The van der Waals surface area contributed by atoms with Crippen molar-refractivity contribution in [2.75, 3.05) is 18.5 Å². The lowest BCUT2D eigenvalue weighted by Gasteiger charge is -2.08. The molecule has 0 saturated heterocycles. The Morgan fingerprint density at radius 3 is 2.62 bits per heavy atom. The van der Waals surface area contributed by atoms with E-state index in [1.807, 2.05) is 6.92 Å².